The summed E-state index contributed by atoms with van der Waals surface area (Å²) in [4.78, 5) is 10.6. The molecule has 1 aliphatic heterocycles. The number of hydrogen-bond acceptors (Lipinski definition) is 8. The van der Waals surface area contributed by atoms with Gasteiger partial charge in [-0.15, -0.1) is 15.3 Å². The third kappa shape index (κ3) is 2.85. The number of nitrogens with one attached hydrogen (secondary N) is 1. The van der Waals surface area contributed by atoms with Crippen molar-refractivity contribution in [3.63, 3.8) is 0 Å². The standard InChI is InChI=1S/C15H18N8O/c1-24-12-6-11(22(8-12)14-4-5-16-9-18-14)7-17-13-2-3-15-20-19-10-23(15)21-13/h2-5,9-12H,6-8H2,1H3,(H,17,21)/t11-,12-/m1/s1. The molecule has 4 rings (SSSR count). The number of ether oxygens (including phenoxy) is 1. The van der Waals surface area contributed by atoms with Crippen molar-refractivity contribution in [2.24, 2.45) is 0 Å². The van der Waals surface area contributed by atoms with Crippen LogP contribution in [-0.2, 0) is 4.74 Å². The first-order chi connectivity index (χ1) is 11.8. The highest BCUT2D eigenvalue weighted by atomic mass is 16.5. The van der Waals surface area contributed by atoms with Crippen molar-refractivity contribution in [2.45, 2.75) is 18.6 Å². The molecule has 4 heterocycles. The molecule has 0 radical (unpaired) electrons. The highest BCUT2D eigenvalue weighted by Crippen LogP contribution is 2.25. The van der Waals surface area contributed by atoms with E-state index in [-0.39, 0.29) is 12.1 Å². The van der Waals surface area contributed by atoms with E-state index < -0.39 is 0 Å². The fraction of sp³-hybridized carbons (Fsp3) is 0.400. The Morgan fingerprint density at radius 1 is 1.33 bits per heavy atom. The lowest BCUT2D eigenvalue weighted by Gasteiger charge is -2.25. The topological polar surface area (TPSA) is 93.4 Å². The molecule has 2 atom stereocenters. The van der Waals surface area contributed by atoms with Crippen molar-refractivity contribution < 1.29 is 4.74 Å². The van der Waals surface area contributed by atoms with Crippen molar-refractivity contribution >= 4 is 17.3 Å². The molecule has 1 fully saturated rings. The number of nitrogens with zero attached hydrogens (tertiary/aromatic N) is 7. The molecule has 0 saturated carbocycles. The van der Waals surface area contributed by atoms with Gasteiger partial charge in [-0.2, -0.15) is 4.52 Å². The van der Waals surface area contributed by atoms with Crippen LogP contribution in [0.15, 0.2) is 37.1 Å². The molecule has 1 aliphatic rings. The van der Waals surface area contributed by atoms with Crippen LogP contribution in [0.2, 0.25) is 0 Å². The third-order valence-electron chi connectivity index (χ3n) is 4.25. The van der Waals surface area contributed by atoms with Crippen LogP contribution in [0.1, 0.15) is 6.42 Å². The summed E-state index contributed by atoms with van der Waals surface area (Å²) in [5, 5.41) is 15.6. The summed E-state index contributed by atoms with van der Waals surface area (Å²) in [6.45, 7) is 1.56. The van der Waals surface area contributed by atoms with E-state index in [4.69, 9.17) is 4.74 Å². The minimum absolute atomic E-state index is 0.194. The number of anilines is 2. The largest absolute Gasteiger partial charge is 0.380 e. The molecule has 1 saturated heterocycles. The molecule has 0 aliphatic carbocycles. The molecular formula is C15H18N8O. The zero-order valence-corrected chi connectivity index (χ0v) is 13.3. The van der Waals surface area contributed by atoms with Gasteiger partial charge in [-0.05, 0) is 24.6 Å². The third-order valence-corrected chi connectivity index (χ3v) is 4.25. The summed E-state index contributed by atoms with van der Waals surface area (Å²) >= 11 is 0. The Balaban J connectivity index is 1.48. The first-order valence-corrected chi connectivity index (χ1v) is 7.80. The van der Waals surface area contributed by atoms with Crippen LogP contribution in [-0.4, -0.2) is 62.1 Å². The highest BCUT2D eigenvalue weighted by molar-refractivity contribution is 5.45. The minimum atomic E-state index is 0.194. The van der Waals surface area contributed by atoms with Gasteiger partial charge in [0.25, 0.3) is 0 Å². The molecule has 24 heavy (non-hydrogen) atoms. The Kier molecular flexibility index (Phi) is 3.91. The zero-order valence-electron chi connectivity index (χ0n) is 13.3. The summed E-state index contributed by atoms with van der Waals surface area (Å²) in [5.74, 6) is 1.70. The SMILES string of the molecule is CO[C@@H]1C[C@H](CNc2ccc3nncn3n2)N(c2ccncn2)C1. The molecule has 9 heteroatoms. The molecule has 0 aromatic carbocycles. The van der Waals surface area contributed by atoms with Crippen LogP contribution in [0, 0.1) is 0 Å². The lowest BCUT2D eigenvalue weighted by Crippen LogP contribution is -2.35. The van der Waals surface area contributed by atoms with E-state index in [1.165, 1.54) is 0 Å². The van der Waals surface area contributed by atoms with Gasteiger partial charge in [0.15, 0.2) is 5.65 Å². The predicted octanol–water partition coefficient (Wildman–Crippen LogP) is 0.620. The lowest BCUT2D eigenvalue weighted by molar-refractivity contribution is 0.118. The Morgan fingerprint density at radius 3 is 3.12 bits per heavy atom. The normalized spacial score (nSPS) is 20.6. The molecule has 0 spiro atoms. The smallest absolute Gasteiger partial charge is 0.177 e. The minimum Gasteiger partial charge on any atom is -0.380 e. The Hall–Kier alpha value is -2.81. The van der Waals surface area contributed by atoms with Crippen LogP contribution in [0.3, 0.4) is 0 Å². The molecule has 0 bridgehead atoms. The number of rotatable bonds is 5. The highest BCUT2D eigenvalue weighted by Gasteiger charge is 2.32. The Labute approximate surface area is 138 Å². The van der Waals surface area contributed by atoms with Crippen molar-refractivity contribution in [3.8, 4) is 0 Å². The van der Waals surface area contributed by atoms with Gasteiger partial charge >= 0.3 is 0 Å². The van der Waals surface area contributed by atoms with Gasteiger partial charge in [0, 0.05) is 26.4 Å². The quantitative estimate of drug-likeness (QED) is 0.729. The summed E-state index contributed by atoms with van der Waals surface area (Å²) in [6, 6.07) is 5.98. The molecular weight excluding hydrogens is 308 g/mol. The average molecular weight is 326 g/mol. The molecule has 9 nitrogen and oxygen atoms in total. The number of methoxy groups -OCH3 is 1. The lowest BCUT2D eigenvalue weighted by atomic mass is 10.2. The zero-order chi connectivity index (χ0) is 16.4. The second kappa shape index (κ2) is 6.36. The maximum Gasteiger partial charge on any atom is 0.177 e. The molecule has 0 unspecified atom stereocenters. The van der Waals surface area contributed by atoms with Crippen molar-refractivity contribution in [2.75, 3.05) is 30.4 Å². The predicted molar refractivity (Wildman–Crippen MR) is 87.9 cm³/mol. The van der Waals surface area contributed by atoms with Gasteiger partial charge in [-0.1, -0.05) is 0 Å². The van der Waals surface area contributed by atoms with Crippen LogP contribution in [0.4, 0.5) is 11.6 Å². The summed E-state index contributed by atoms with van der Waals surface area (Å²) in [7, 11) is 1.75. The molecule has 1 N–H and O–H groups in total. The van der Waals surface area contributed by atoms with E-state index in [1.54, 1.807) is 30.5 Å². The molecule has 0 amide bonds. The Morgan fingerprint density at radius 2 is 2.29 bits per heavy atom. The molecule has 3 aromatic heterocycles. The maximum absolute atomic E-state index is 5.54. The maximum atomic E-state index is 5.54. The average Bonchev–Trinajstić information content (AvgIpc) is 3.26. The van der Waals surface area contributed by atoms with E-state index >= 15 is 0 Å². The van der Waals surface area contributed by atoms with Crippen LogP contribution >= 0.6 is 0 Å². The van der Waals surface area contributed by atoms with E-state index in [0.717, 1.165) is 36.8 Å². The summed E-state index contributed by atoms with van der Waals surface area (Å²) < 4.78 is 7.19. The van der Waals surface area contributed by atoms with Gasteiger partial charge in [0.2, 0.25) is 0 Å². The first-order valence-electron chi connectivity index (χ1n) is 7.80. The monoisotopic (exact) mass is 326 g/mol. The first kappa shape index (κ1) is 14.8. The fourth-order valence-corrected chi connectivity index (χ4v) is 3.02. The Bertz CT molecular complexity index is 807. The molecule has 3 aromatic rings. The second-order valence-electron chi connectivity index (χ2n) is 5.70. The number of fused-ring (bicyclic) bond motifs is 1. The van der Waals surface area contributed by atoms with Gasteiger partial charge in [0.05, 0.1) is 12.1 Å². The number of aromatic nitrogens is 6. The van der Waals surface area contributed by atoms with Gasteiger partial charge < -0.3 is 15.0 Å². The van der Waals surface area contributed by atoms with Crippen LogP contribution in [0.25, 0.3) is 5.65 Å². The van der Waals surface area contributed by atoms with Crippen LogP contribution in [0.5, 0.6) is 0 Å². The van der Waals surface area contributed by atoms with Crippen molar-refractivity contribution in [3.05, 3.63) is 37.1 Å². The van der Waals surface area contributed by atoms with Gasteiger partial charge in [0.1, 0.15) is 24.3 Å². The summed E-state index contributed by atoms with van der Waals surface area (Å²) in [5.41, 5.74) is 0.725. The van der Waals surface area contributed by atoms with E-state index in [0.29, 0.717) is 0 Å². The van der Waals surface area contributed by atoms with Crippen molar-refractivity contribution in [1.29, 1.82) is 0 Å². The van der Waals surface area contributed by atoms with Gasteiger partial charge in [-0.25, -0.2) is 9.97 Å². The molecule has 124 valence electrons. The van der Waals surface area contributed by atoms with E-state index in [2.05, 4.69) is 35.5 Å². The van der Waals surface area contributed by atoms with Crippen molar-refractivity contribution in [1.82, 2.24) is 29.8 Å². The summed E-state index contributed by atoms with van der Waals surface area (Å²) in [6.07, 6.45) is 6.04. The van der Waals surface area contributed by atoms with Gasteiger partial charge in [-0.3, -0.25) is 0 Å². The number of hydrogen-bond donors (Lipinski definition) is 1. The van der Waals surface area contributed by atoms with E-state index in [1.807, 2.05) is 18.2 Å². The van der Waals surface area contributed by atoms with E-state index in [9.17, 15) is 0 Å². The fourth-order valence-electron chi connectivity index (χ4n) is 3.02. The second-order valence-corrected chi connectivity index (χ2v) is 5.70. The van der Waals surface area contributed by atoms with Crippen LogP contribution < -0.4 is 10.2 Å².